The average molecular weight is 325 g/mol. The second-order valence-corrected chi connectivity index (χ2v) is 8.38. The molecule has 0 radical (unpaired) electrons. The largest absolute Gasteiger partial charge is 0.459 e. The van der Waals surface area contributed by atoms with Gasteiger partial charge in [-0.1, -0.05) is 32.6 Å². The summed E-state index contributed by atoms with van der Waals surface area (Å²) in [5.41, 5.74) is -0.288. The molecule has 2 N–H and O–H groups in total. The van der Waals surface area contributed by atoms with E-state index in [9.17, 15) is 4.79 Å². The average Bonchev–Trinajstić information content (AvgIpc) is 2.56. The first kappa shape index (κ1) is 18.8. The fourth-order valence-corrected chi connectivity index (χ4v) is 4.42. The Morgan fingerprint density at radius 2 is 1.70 bits per heavy atom. The Labute approximate surface area is 142 Å². The highest BCUT2D eigenvalue weighted by Gasteiger charge is 2.37. The highest BCUT2D eigenvalue weighted by Crippen LogP contribution is 2.35. The monoisotopic (exact) mass is 324 g/mol. The molecule has 0 aromatic carbocycles. The third-order valence-corrected chi connectivity index (χ3v) is 6.18. The molecule has 3 nitrogen and oxygen atoms in total. The summed E-state index contributed by atoms with van der Waals surface area (Å²) >= 11 is 0. The van der Waals surface area contributed by atoms with Gasteiger partial charge in [0.1, 0.15) is 5.60 Å². The number of quaternary nitrogens is 1. The van der Waals surface area contributed by atoms with E-state index in [1.165, 1.54) is 64.5 Å². The third-order valence-electron chi connectivity index (χ3n) is 6.18. The van der Waals surface area contributed by atoms with Crippen molar-refractivity contribution in [1.29, 1.82) is 0 Å². The zero-order valence-electron chi connectivity index (χ0n) is 15.6. The van der Waals surface area contributed by atoms with Crippen LogP contribution in [0.5, 0.6) is 0 Å². The number of ether oxygens (including phenoxy) is 1. The lowest BCUT2D eigenvalue weighted by Gasteiger charge is -2.37. The van der Waals surface area contributed by atoms with Crippen LogP contribution < -0.4 is 5.32 Å². The van der Waals surface area contributed by atoms with Crippen molar-refractivity contribution in [2.45, 2.75) is 90.6 Å². The number of hydrogen-bond acceptors (Lipinski definition) is 2. The van der Waals surface area contributed by atoms with Crippen LogP contribution in [0.25, 0.3) is 0 Å². The number of unbranched alkanes of at least 4 members (excludes halogenated alkanes) is 2. The number of piperidine rings is 1. The third kappa shape index (κ3) is 5.77. The van der Waals surface area contributed by atoms with E-state index in [-0.39, 0.29) is 17.5 Å². The number of hydrogen-bond donors (Lipinski definition) is 1. The Kier molecular flexibility index (Phi) is 7.39. The van der Waals surface area contributed by atoms with Crippen molar-refractivity contribution >= 4 is 5.97 Å². The number of nitrogens with two attached hydrogens (primary N) is 1. The molecule has 0 unspecified atom stereocenters. The van der Waals surface area contributed by atoms with E-state index < -0.39 is 0 Å². The van der Waals surface area contributed by atoms with Gasteiger partial charge in [0, 0.05) is 18.8 Å². The van der Waals surface area contributed by atoms with E-state index in [0.717, 1.165) is 18.8 Å². The van der Waals surface area contributed by atoms with Gasteiger partial charge in [0.15, 0.2) is 0 Å². The molecule has 2 aliphatic rings. The van der Waals surface area contributed by atoms with Gasteiger partial charge in [0.2, 0.25) is 0 Å². The first-order valence-electron chi connectivity index (χ1n) is 10.1. The Morgan fingerprint density at radius 3 is 2.30 bits per heavy atom. The Hall–Kier alpha value is -0.570. The molecule has 1 saturated heterocycles. The van der Waals surface area contributed by atoms with Gasteiger partial charge in [0.25, 0.3) is 0 Å². The standard InChI is InChI=1S/C20H37NO2/c1-4-5-6-7-16-8-10-17(11-9-16)19(22)23-20(2,3)18-12-14-21-15-13-18/h16-18,21H,4-15H2,1-3H3/p+1. The lowest BCUT2D eigenvalue weighted by molar-refractivity contribution is -0.665. The molecule has 3 heteroatoms. The van der Waals surface area contributed by atoms with Gasteiger partial charge >= 0.3 is 5.97 Å². The molecule has 1 heterocycles. The molecule has 2 rings (SSSR count). The molecule has 0 atom stereocenters. The van der Waals surface area contributed by atoms with E-state index in [2.05, 4.69) is 26.1 Å². The van der Waals surface area contributed by atoms with Crippen LogP contribution in [0.1, 0.15) is 85.0 Å². The predicted molar refractivity (Wildman–Crippen MR) is 94.1 cm³/mol. The molecular formula is C20H38NO2+. The van der Waals surface area contributed by atoms with Crippen LogP contribution in [0.15, 0.2) is 0 Å². The summed E-state index contributed by atoms with van der Waals surface area (Å²) in [6.45, 7) is 8.86. The zero-order valence-corrected chi connectivity index (χ0v) is 15.6. The Bertz CT molecular complexity index is 353. The van der Waals surface area contributed by atoms with Gasteiger partial charge in [-0.3, -0.25) is 4.79 Å². The topological polar surface area (TPSA) is 42.9 Å². The molecular weight excluding hydrogens is 286 g/mol. The Balaban J connectivity index is 1.73. The zero-order chi connectivity index (χ0) is 16.7. The van der Waals surface area contributed by atoms with E-state index in [1.54, 1.807) is 0 Å². The van der Waals surface area contributed by atoms with Crippen molar-refractivity contribution < 1.29 is 14.8 Å². The molecule has 0 aromatic rings. The molecule has 134 valence electrons. The quantitative estimate of drug-likeness (QED) is 0.573. The van der Waals surface area contributed by atoms with Crippen LogP contribution in [-0.2, 0) is 9.53 Å². The normalized spacial score (nSPS) is 26.9. The summed E-state index contributed by atoms with van der Waals surface area (Å²) in [4.78, 5) is 12.6. The second-order valence-electron chi connectivity index (χ2n) is 8.38. The smallest absolute Gasteiger partial charge is 0.309 e. The summed E-state index contributed by atoms with van der Waals surface area (Å²) in [7, 11) is 0. The molecule has 0 bridgehead atoms. The summed E-state index contributed by atoms with van der Waals surface area (Å²) in [5.74, 6) is 1.62. The minimum atomic E-state index is -0.288. The maximum absolute atomic E-state index is 12.6. The fraction of sp³-hybridized carbons (Fsp3) is 0.950. The van der Waals surface area contributed by atoms with E-state index in [0.29, 0.717) is 5.92 Å². The van der Waals surface area contributed by atoms with E-state index in [1.807, 2.05) is 0 Å². The Morgan fingerprint density at radius 1 is 1.04 bits per heavy atom. The minimum absolute atomic E-state index is 0.0801. The van der Waals surface area contributed by atoms with Gasteiger partial charge in [-0.2, -0.15) is 0 Å². The molecule has 0 spiro atoms. The molecule has 0 aromatic heterocycles. The lowest BCUT2D eigenvalue weighted by atomic mass is 9.79. The van der Waals surface area contributed by atoms with Gasteiger partial charge < -0.3 is 10.1 Å². The summed E-state index contributed by atoms with van der Waals surface area (Å²) in [6.07, 6.45) is 12.3. The van der Waals surface area contributed by atoms with Crippen LogP contribution in [0, 0.1) is 17.8 Å². The van der Waals surface area contributed by atoms with Crippen LogP contribution in [0.2, 0.25) is 0 Å². The number of esters is 1. The SMILES string of the molecule is CCCCCC1CCC(C(=O)OC(C)(C)C2CC[NH2+]CC2)CC1. The number of rotatable bonds is 7. The van der Waals surface area contributed by atoms with Gasteiger partial charge in [-0.15, -0.1) is 0 Å². The van der Waals surface area contributed by atoms with Crippen molar-refractivity contribution in [2.75, 3.05) is 13.1 Å². The highest BCUT2D eigenvalue weighted by atomic mass is 16.6. The van der Waals surface area contributed by atoms with Crippen molar-refractivity contribution in [3.63, 3.8) is 0 Å². The first-order chi connectivity index (χ1) is 11.0. The maximum atomic E-state index is 12.6. The van der Waals surface area contributed by atoms with Gasteiger partial charge in [0.05, 0.1) is 19.0 Å². The van der Waals surface area contributed by atoms with Crippen molar-refractivity contribution in [1.82, 2.24) is 0 Å². The summed E-state index contributed by atoms with van der Waals surface area (Å²) < 4.78 is 6.00. The molecule has 1 aliphatic carbocycles. The predicted octanol–water partition coefficient (Wildman–Crippen LogP) is 3.67. The molecule has 1 aliphatic heterocycles. The second kappa shape index (κ2) is 9.05. The summed E-state index contributed by atoms with van der Waals surface area (Å²) in [5, 5.41) is 2.37. The number of carbonyl (C=O) groups excluding carboxylic acids is 1. The molecule has 1 saturated carbocycles. The van der Waals surface area contributed by atoms with Gasteiger partial charge in [-0.05, 0) is 45.4 Å². The highest BCUT2D eigenvalue weighted by molar-refractivity contribution is 5.73. The minimum Gasteiger partial charge on any atom is -0.459 e. The van der Waals surface area contributed by atoms with Gasteiger partial charge in [-0.25, -0.2) is 0 Å². The van der Waals surface area contributed by atoms with E-state index in [4.69, 9.17) is 4.74 Å². The maximum Gasteiger partial charge on any atom is 0.309 e. The van der Waals surface area contributed by atoms with E-state index >= 15 is 0 Å². The fourth-order valence-electron chi connectivity index (χ4n) is 4.42. The van der Waals surface area contributed by atoms with Crippen LogP contribution in [0.4, 0.5) is 0 Å². The molecule has 23 heavy (non-hydrogen) atoms. The lowest BCUT2D eigenvalue weighted by Crippen LogP contribution is -2.86. The first-order valence-corrected chi connectivity index (χ1v) is 10.1. The van der Waals surface area contributed by atoms with Crippen LogP contribution in [0.3, 0.4) is 0 Å². The van der Waals surface area contributed by atoms with Crippen molar-refractivity contribution in [2.24, 2.45) is 17.8 Å². The molecule has 2 fully saturated rings. The number of carbonyl (C=O) groups is 1. The van der Waals surface area contributed by atoms with Crippen LogP contribution >= 0.6 is 0 Å². The molecule has 0 amide bonds. The van der Waals surface area contributed by atoms with Crippen LogP contribution in [-0.4, -0.2) is 24.7 Å². The van der Waals surface area contributed by atoms with Crippen molar-refractivity contribution in [3.05, 3.63) is 0 Å². The summed E-state index contributed by atoms with van der Waals surface area (Å²) in [6, 6.07) is 0. The van der Waals surface area contributed by atoms with Crippen molar-refractivity contribution in [3.8, 4) is 0 Å².